The minimum atomic E-state index is -0.624. The van der Waals surface area contributed by atoms with Crippen LogP contribution in [0, 0.1) is 0 Å². The van der Waals surface area contributed by atoms with Crippen molar-refractivity contribution in [3.8, 4) is 33.9 Å². The maximum atomic E-state index is 9.93. The van der Waals surface area contributed by atoms with Gasteiger partial charge in [0, 0.05) is 34.4 Å². The molecule has 0 fully saturated rings. The second kappa shape index (κ2) is 8.66. The van der Waals surface area contributed by atoms with Gasteiger partial charge in [0.15, 0.2) is 0 Å². The first-order valence-electron chi connectivity index (χ1n) is 11.5. The fraction of sp³-hybridized carbons (Fsp3) is 0.111. The van der Waals surface area contributed by atoms with Crippen LogP contribution in [-0.2, 0) is 0 Å². The third kappa shape index (κ3) is 3.89. The first-order chi connectivity index (χ1) is 17.2. The first-order valence-corrected chi connectivity index (χ1v) is 11.5. The number of hydrogen-bond acceptors (Lipinski definition) is 6. The van der Waals surface area contributed by atoms with E-state index in [1.165, 1.54) is 0 Å². The van der Waals surface area contributed by atoms with Crippen molar-refractivity contribution in [1.82, 2.24) is 30.1 Å². The monoisotopic (exact) mass is 461 g/mol. The number of fused-ring (bicyclic) bond motifs is 2. The Kier molecular flexibility index (Phi) is 5.20. The van der Waals surface area contributed by atoms with E-state index in [9.17, 15) is 5.11 Å². The number of pyridine rings is 3. The van der Waals surface area contributed by atoms with Gasteiger partial charge in [-0.15, -0.1) is 0 Å². The SMILES string of the molecule is CCC(O)Nc1cncc(-c2ccc3[nH]nc(-c4cc5c(-c6ccccn6)cccc5[nH]4)c3n2)c1. The van der Waals surface area contributed by atoms with Crippen LogP contribution in [0.15, 0.2) is 79.3 Å². The number of nitrogens with one attached hydrogen (secondary N) is 3. The summed E-state index contributed by atoms with van der Waals surface area (Å²) in [7, 11) is 0. The van der Waals surface area contributed by atoms with Crippen molar-refractivity contribution >= 4 is 27.6 Å². The number of benzene rings is 1. The van der Waals surface area contributed by atoms with Crippen molar-refractivity contribution in [1.29, 1.82) is 0 Å². The molecule has 172 valence electrons. The Morgan fingerprint density at radius 1 is 0.971 bits per heavy atom. The van der Waals surface area contributed by atoms with Crippen LogP contribution in [0.2, 0.25) is 0 Å². The van der Waals surface area contributed by atoms with Crippen LogP contribution in [-0.4, -0.2) is 41.5 Å². The molecule has 8 nitrogen and oxygen atoms in total. The standard InChI is InChI=1S/C27H23N7O/c1-2-25(35)30-17-12-16(14-28-15-17)20-9-10-23-26(32-20)27(34-33-23)24-13-19-18(6-5-8-22(19)31-24)21-7-3-4-11-29-21/h3-15,25,30-31,35H,2H2,1H3,(H,33,34). The van der Waals surface area contributed by atoms with Gasteiger partial charge in [-0.1, -0.05) is 25.1 Å². The summed E-state index contributed by atoms with van der Waals surface area (Å²) in [6.07, 6.45) is 5.23. The molecule has 0 saturated heterocycles. The molecule has 5 aromatic heterocycles. The van der Waals surface area contributed by atoms with Gasteiger partial charge in [0.25, 0.3) is 0 Å². The summed E-state index contributed by atoms with van der Waals surface area (Å²) in [5, 5.41) is 21.7. The number of aliphatic hydroxyl groups excluding tert-OH is 1. The summed E-state index contributed by atoms with van der Waals surface area (Å²) >= 11 is 0. The number of anilines is 1. The highest BCUT2D eigenvalue weighted by molar-refractivity contribution is 6.00. The molecule has 0 amide bonds. The van der Waals surface area contributed by atoms with Crippen molar-refractivity contribution < 1.29 is 5.11 Å². The zero-order valence-corrected chi connectivity index (χ0v) is 19.0. The lowest BCUT2D eigenvalue weighted by atomic mass is 10.1. The summed E-state index contributed by atoms with van der Waals surface area (Å²) in [4.78, 5) is 17.2. The van der Waals surface area contributed by atoms with E-state index < -0.39 is 6.23 Å². The number of aromatic nitrogens is 6. The van der Waals surface area contributed by atoms with E-state index in [1.54, 1.807) is 18.6 Å². The average molecular weight is 462 g/mol. The summed E-state index contributed by atoms with van der Waals surface area (Å²) < 4.78 is 0. The number of nitrogens with zero attached hydrogens (tertiary/aromatic N) is 4. The maximum Gasteiger partial charge on any atom is 0.135 e. The summed E-state index contributed by atoms with van der Waals surface area (Å²) in [5.41, 5.74) is 8.57. The van der Waals surface area contributed by atoms with Gasteiger partial charge in [0.2, 0.25) is 0 Å². The summed E-state index contributed by atoms with van der Waals surface area (Å²) in [5.74, 6) is 0. The summed E-state index contributed by atoms with van der Waals surface area (Å²) in [6, 6.07) is 20.0. The Morgan fingerprint density at radius 2 is 1.91 bits per heavy atom. The molecule has 6 aromatic rings. The molecule has 1 atom stereocenters. The number of H-pyrrole nitrogens is 2. The largest absolute Gasteiger partial charge is 0.374 e. The lowest BCUT2D eigenvalue weighted by molar-refractivity contribution is 0.199. The zero-order chi connectivity index (χ0) is 23.8. The van der Waals surface area contributed by atoms with Gasteiger partial charge in [-0.3, -0.25) is 15.1 Å². The van der Waals surface area contributed by atoms with Gasteiger partial charge < -0.3 is 15.4 Å². The Bertz CT molecular complexity index is 1640. The number of hydrogen-bond donors (Lipinski definition) is 4. The van der Waals surface area contributed by atoms with E-state index in [2.05, 4.69) is 42.6 Å². The molecule has 6 rings (SSSR count). The van der Waals surface area contributed by atoms with Crippen LogP contribution in [0.4, 0.5) is 5.69 Å². The quantitative estimate of drug-likeness (QED) is 0.248. The van der Waals surface area contributed by atoms with Crippen molar-refractivity contribution in [3.05, 3.63) is 79.3 Å². The van der Waals surface area contributed by atoms with E-state index in [1.807, 2.05) is 55.5 Å². The van der Waals surface area contributed by atoms with Gasteiger partial charge in [0.1, 0.15) is 17.4 Å². The molecule has 0 aliphatic heterocycles. The molecule has 8 heteroatoms. The maximum absolute atomic E-state index is 9.93. The fourth-order valence-electron chi connectivity index (χ4n) is 4.23. The molecule has 0 bridgehead atoms. The van der Waals surface area contributed by atoms with Gasteiger partial charge in [-0.2, -0.15) is 5.10 Å². The van der Waals surface area contributed by atoms with E-state index in [0.29, 0.717) is 6.42 Å². The second-order valence-electron chi connectivity index (χ2n) is 8.36. The van der Waals surface area contributed by atoms with Crippen LogP contribution in [0.3, 0.4) is 0 Å². The van der Waals surface area contributed by atoms with Crippen molar-refractivity contribution in [2.75, 3.05) is 5.32 Å². The molecule has 35 heavy (non-hydrogen) atoms. The Morgan fingerprint density at radius 3 is 2.77 bits per heavy atom. The van der Waals surface area contributed by atoms with E-state index in [4.69, 9.17) is 4.98 Å². The molecular formula is C27H23N7O. The predicted molar refractivity (Wildman–Crippen MR) is 138 cm³/mol. The molecule has 1 aromatic carbocycles. The average Bonchev–Trinajstić information content (AvgIpc) is 3.53. The molecule has 0 radical (unpaired) electrons. The third-order valence-electron chi connectivity index (χ3n) is 6.02. The van der Waals surface area contributed by atoms with E-state index in [-0.39, 0.29) is 0 Å². The van der Waals surface area contributed by atoms with Crippen molar-refractivity contribution in [2.24, 2.45) is 0 Å². The number of aromatic amines is 2. The van der Waals surface area contributed by atoms with Crippen molar-refractivity contribution in [2.45, 2.75) is 19.6 Å². The normalized spacial score (nSPS) is 12.3. The highest BCUT2D eigenvalue weighted by atomic mass is 16.3. The molecular weight excluding hydrogens is 438 g/mol. The second-order valence-corrected chi connectivity index (χ2v) is 8.36. The lowest BCUT2D eigenvalue weighted by Crippen LogP contribution is -2.16. The molecule has 0 aliphatic rings. The molecule has 0 spiro atoms. The molecule has 5 heterocycles. The molecule has 0 aliphatic carbocycles. The van der Waals surface area contributed by atoms with Crippen LogP contribution >= 0.6 is 0 Å². The van der Waals surface area contributed by atoms with Gasteiger partial charge >= 0.3 is 0 Å². The lowest BCUT2D eigenvalue weighted by Gasteiger charge is -2.12. The number of aliphatic hydroxyl groups is 1. The Balaban J connectivity index is 1.43. The van der Waals surface area contributed by atoms with E-state index >= 15 is 0 Å². The molecule has 0 saturated carbocycles. The number of rotatable bonds is 6. The Hall–Kier alpha value is -4.56. The minimum absolute atomic E-state index is 0.597. The van der Waals surface area contributed by atoms with Gasteiger partial charge in [0.05, 0.1) is 34.5 Å². The zero-order valence-electron chi connectivity index (χ0n) is 19.0. The smallest absolute Gasteiger partial charge is 0.135 e. The molecule has 4 N–H and O–H groups in total. The van der Waals surface area contributed by atoms with Crippen LogP contribution in [0.1, 0.15) is 13.3 Å². The van der Waals surface area contributed by atoms with Crippen LogP contribution in [0.25, 0.3) is 55.8 Å². The van der Waals surface area contributed by atoms with Gasteiger partial charge in [-0.05, 0) is 48.9 Å². The fourth-order valence-corrected chi connectivity index (χ4v) is 4.23. The third-order valence-corrected chi connectivity index (χ3v) is 6.02. The van der Waals surface area contributed by atoms with Crippen molar-refractivity contribution in [3.63, 3.8) is 0 Å². The van der Waals surface area contributed by atoms with Crippen LogP contribution in [0.5, 0.6) is 0 Å². The highest BCUT2D eigenvalue weighted by Gasteiger charge is 2.16. The van der Waals surface area contributed by atoms with E-state index in [0.717, 1.165) is 61.5 Å². The summed E-state index contributed by atoms with van der Waals surface area (Å²) in [6.45, 7) is 1.91. The molecule has 1 unspecified atom stereocenters. The van der Waals surface area contributed by atoms with Gasteiger partial charge in [-0.25, -0.2) is 4.98 Å². The predicted octanol–water partition coefficient (Wildman–Crippen LogP) is 5.37. The topological polar surface area (TPSA) is 115 Å². The van der Waals surface area contributed by atoms with Crippen LogP contribution < -0.4 is 5.32 Å². The minimum Gasteiger partial charge on any atom is -0.374 e. The Labute approximate surface area is 201 Å². The first kappa shape index (κ1) is 21.0. The highest BCUT2D eigenvalue weighted by Crippen LogP contribution is 2.33.